The molecule has 1 heterocycles. The zero-order valence-electron chi connectivity index (χ0n) is 7.84. The Labute approximate surface area is 75.1 Å². The molecule has 1 unspecified atom stereocenters. The van der Waals surface area contributed by atoms with E-state index in [9.17, 15) is 0 Å². The van der Waals surface area contributed by atoms with Gasteiger partial charge in [-0.1, -0.05) is 19.3 Å². The van der Waals surface area contributed by atoms with Crippen molar-refractivity contribution in [1.29, 1.82) is 0 Å². The number of likely N-dealkylation sites (tertiary alicyclic amines) is 1. The van der Waals surface area contributed by atoms with E-state index in [-0.39, 0.29) is 0 Å². The van der Waals surface area contributed by atoms with E-state index < -0.39 is 0 Å². The number of hydrogen-bond donors (Lipinski definition) is 1. The minimum Gasteiger partial charge on any atom is -0.326 e. The Balaban J connectivity index is 1.83. The second-order valence-electron chi connectivity index (χ2n) is 4.34. The third-order valence-electron chi connectivity index (χ3n) is 3.35. The first-order valence-corrected chi connectivity index (χ1v) is 5.36. The van der Waals surface area contributed by atoms with Gasteiger partial charge in [0.25, 0.3) is 0 Å². The van der Waals surface area contributed by atoms with Gasteiger partial charge in [0.15, 0.2) is 0 Å². The molecule has 0 spiro atoms. The van der Waals surface area contributed by atoms with Crippen LogP contribution in [0.15, 0.2) is 0 Å². The van der Waals surface area contributed by atoms with Gasteiger partial charge >= 0.3 is 0 Å². The maximum Gasteiger partial charge on any atom is 0.0180 e. The first kappa shape index (κ1) is 8.52. The molecule has 2 rings (SSSR count). The number of rotatable bonds is 1. The van der Waals surface area contributed by atoms with E-state index >= 15 is 0 Å². The van der Waals surface area contributed by atoms with Crippen LogP contribution in [0.2, 0.25) is 0 Å². The van der Waals surface area contributed by atoms with Crippen LogP contribution in [-0.4, -0.2) is 30.1 Å². The molecule has 0 amide bonds. The highest BCUT2D eigenvalue weighted by molar-refractivity contribution is 4.84. The number of nitrogens with zero attached hydrogens (tertiary/aromatic N) is 1. The fraction of sp³-hybridized carbons (Fsp3) is 1.00. The summed E-state index contributed by atoms with van der Waals surface area (Å²) in [6, 6.07) is 1.35. The molecule has 70 valence electrons. The fourth-order valence-corrected chi connectivity index (χ4v) is 2.59. The van der Waals surface area contributed by atoms with Crippen LogP contribution in [0.5, 0.6) is 0 Å². The van der Waals surface area contributed by atoms with Crippen molar-refractivity contribution in [3.05, 3.63) is 0 Å². The summed E-state index contributed by atoms with van der Waals surface area (Å²) in [5.41, 5.74) is 5.89. The average Bonchev–Trinajstić information content (AvgIpc) is 2.54. The van der Waals surface area contributed by atoms with Crippen LogP contribution >= 0.6 is 0 Å². The van der Waals surface area contributed by atoms with Crippen molar-refractivity contribution in [2.45, 2.75) is 50.6 Å². The Kier molecular flexibility index (Phi) is 2.66. The summed E-state index contributed by atoms with van der Waals surface area (Å²) in [5, 5.41) is 0. The molecule has 2 heteroatoms. The van der Waals surface area contributed by atoms with Crippen molar-refractivity contribution in [3.8, 4) is 0 Å². The summed E-state index contributed by atoms with van der Waals surface area (Å²) in [6.45, 7) is 2.41. The van der Waals surface area contributed by atoms with Crippen molar-refractivity contribution in [1.82, 2.24) is 4.90 Å². The lowest BCUT2D eigenvalue weighted by atomic mass is 9.94. The molecular formula is C10H20N2. The Hall–Kier alpha value is -0.0800. The van der Waals surface area contributed by atoms with E-state index in [1.807, 2.05) is 0 Å². The molecular weight excluding hydrogens is 148 g/mol. The molecule has 1 saturated heterocycles. The van der Waals surface area contributed by atoms with Crippen LogP contribution in [0.4, 0.5) is 0 Å². The molecule has 1 atom stereocenters. The van der Waals surface area contributed by atoms with Gasteiger partial charge in [-0.2, -0.15) is 0 Å². The molecule has 1 saturated carbocycles. The monoisotopic (exact) mass is 168 g/mol. The van der Waals surface area contributed by atoms with Crippen LogP contribution in [0.3, 0.4) is 0 Å². The van der Waals surface area contributed by atoms with Gasteiger partial charge in [0.2, 0.25) is 0 Å². The molecule has 2 aliphatic rings. The topological polar surface area (TPSA) is 29.3 Å². The lowest BCUT2D eigenvalue weighted by molar-refractivity contribution is 0.189. The SMILES string of the molecule is NC1CCN(C2CCCCC2)C1. The molecule has 0 bridgehead atoms. The molecule has 12 heavy (non-hydrogen) atoms. The quantitative estimate of drug-likeness (QED) is 0.640. The predicted molar refractivity (Wildman–Crippen MR) is 51.0 cm³/mol. The first-order chi connectivity index (χ1) is 5.86. The lowest BCUT2D eigenvalue weighted by Gasteiger charge is -2.30. The van der Waals surface area contributed by atoms with Gasteiger partial charge in [-0.05, 0) is 19.3 Å². The van der Waals surface area contributed by atoms with Crippen LogP contribution in [-0.2, 0) is 0 Å². The fourth-order valence-electron chi connectivity index (χ4n) is 2.59. The molecule has 2 N–H and O–H groups in total. The van der Waals surface area contributed by atoms with Crippen molar-refractivity contribution in [2.75, 3.05) is 13.1 Å². The number of nitrogens with two attached hydrogens (primary N) is 1. The summed E-state index contributed by atoms with van der Waals surface area (Å²) in [6.07, 6.45) is 8.40. The minimum atomic E-state index is 0.465. The maximum absolute atomic E-state index is 5.89. The third-order valence-corrected chi connectivity index (χ3v) is 3.35. The Morgan fingerprint density at radius 2 is 1.75 bits per heavy atom. The average molecular weight is 168 g/mol. The van der Waals surface area contributed by atoms with Gasteiger partial charge in [-0.25, -0.2) is 0 Å². The molecule has 2 fully saturated rings. The van der Waals surface area contributed by atoms with E-state index in [0.717, 1.165) is 12.6 Å². The maximum atomic E-state index is 5.89. The molecule has 0 radical (unpaired) electrons. The van der Waals surface area contributed by atoms with E-state index in [4.69, 9.17) is 5.73 Å². The molecule has 1 aliphatic heterocycles. The highest BCUT2D eigenvalue weighted by Gasteiger charge is 2.26. The van der Waals surface area contributed by atoms with Crippen molar-refractivity contribution in [2.24, 2.45) is 5.73 Å². The zero-order chi connectivity index (χ0) is 8.39. The molecule has 2 nitrogen and oxygen atoms in total. The Bertz CT molecular complexity index is 138. The van der Waals surface area contributed by atoms with Gasteiger partial charge in [0, 0.05) is 25.2 Å². The van der Waals surface area contributed by atoms with Crippen LogP contribution in [0, 0.1) is 0 Å². The standard InChI is InChI=1S/C10H20N2/c11-9-6-7-12(8-9)10-4-2-1-3-5-10/h9-10H,1-8,11H2. The normalized spacial score (nSPS) is 34.2. The summed E-state index contributed by atoms with van der Waals surface area (Å²) >= 11 is 0. The van der Waals surface area contributed by atoms with Gasteiger partial charge in [0.1, 0.15) is 0 Å². The second kappa shape index (κ2) is 3.75. The molecule has 1 aliphatic carbocycles. The van der Waals surface area contributed by atoms with Crippen LogP contribution < -0.4 is 5.73 Å². The van der Waals surface area contributed by atoms with E-state index in [0.29, 0.717) is 6.04 Å². The highest BCUT2D eigenvalue weighted by Crippen LogP contribution is 2.24. The summed E-state index contributed by atoms with van der Waals surface area (Å²) in [7, 11) is 0. The Morgan fingerprint density at radius 1 is 1.00 bits per heavy atom. The van der Waals surface area contributed by atoms with Gasteiger partial charge in [0.05, 0.1) is 0 Å². The predicted octanol–water partition coefficient (Wildman–Crippen LogP) is 1.35. The summed E-state index contributed by atoms with van der Waals surface area (Å²) in [5.74, 6) is 0. The van der Waals surface area contributed by atoms with E-state index in [1.165, 1.54) is 45.1 Å². The number of hydrogen-bond acceptors (Lipinski definition) is 2. The van der Waals surface area contributed by atoms with Crippen LogP contribution in [0.25, 0.3) is 0 Å². The van der Waals surface area contributed by atoms with E-state index in [1.54, 1.807) is 0 Å². The van der Waals surface area contributed by atoms with Crippen molar-refractivity contribution in [3.63, 3.8) is 0 Å². The van der Waals surface area contributed by atoms with Gasteiger partial charge < -0.3 is 5.73 Å². The largest absolute Gasteiger partial charge is 0.326 e. The highest BCUT2D eigenvalue weighted by atomic mass is 15.2. The summed E-state index contributed by atoms with van der Waals surface area (Å²) < 4.78 is 0. The molecule has 0 aromatic rings. The molecule has 0 aromatic heterocycles. The lowest BCUT2D eigenvalue weighted by Crippen LogP contribution is -2.36. The van der Waals surface area contributed by atoms with Crippen molar-refractivity contribution >= 4 is 0 Å². The Morgan fingerprint density at radius 3 is 2.33 bits per heavy atom. The van der Waals surface area contributed by atoms with Gasteiger partial charge in [-0.3, -0.25) is 4.90 Å². The zero-order valence-corrected chi connectivity index (χ0v) is 7.84. The first-order valence-electron chi connectivity index (χ1n) is 5.36. The third kappa shape index (κ3) is 1.80. The van der Waals surface area contributed by atoms with Gasteiger partial charge in [-0.15, -0.1) is 0 Å². The van der Waals surface area contributed by atoms with Crippen molar-refractivity contribution < 1.29 is 0 Å². The smallest absolute Gasteiger partial charge is 0.0180 e. The second-order valence-corrected chi connectivity index (χ2v) is 4.34. The van der Waals surface area contributed by atoms with Crippen LogP contribution in [0.1, 0.15) is 38.5 Å². The molecule has 0 aromatic carbocycles. The van der Waals surface area contributed by atoms with E-state index in [2.05, 4.69) is 4.90 Å². The minimum absolute atomic E-state index is 0.465. The summed E-state index contributed by atoms with van der Waals surface area (Å²) in [4.78, 5) is 2.61.